The molecule has 1 aliphatic rings. The highest BCUT2D eigenvalue weighted by Crippen LogP contribution is 2.28. The predicted molar refractivity (Wildman–Crippen MR) is 98.4 cm³/mol. The molecule has 0 spiro atoms. The quantitative estimate of drug-likeness (QED) is 0.714. The third kappa shape index (κ3) is 3.25. The highest BCUT2D eigenvalue weighted by atomic mass is 79.9. The first kappa shape index (κ1) is 16.9. The SMILES string of the molecule is O=C(c1cc(-c2cc(F)cc(Br)c2)n(-c2cccnc2)n1)N1CCNC1. The second-order valence-electron chi connectivity index (χ2n) is 5.92. The van der Waals surface area contributed by atoms with Crippen LogP contribution in [0, 0.1) is 5.82 Å². The van der Waals surface area contributed by atoms with Gasteiger partial charge in [-0.05, 0) is 36.4 Å². The molecule has 8 heteroatoms. The Morgan fingerprint density at radius 2 is 2.15 bits per heavy atom. The van der Waals surface area contributed by atoms with Crippen LogP contribution in [0.4, 0.5) is 4.39 Å². The van der Waals surface area contributed by atoms with Crippen molar-refractivity contribution in [1.82, 2.24) is 25.0 Å². The molecule has 26 heavy (non-hydrogen) atoms. The van der Waals surface area contributed by atoms with Crippen molar-refractivity contribution in [2.24, 2.45) is 0 Å². The fraction of sp³-hybridized carbons (Fsp3) is 0.167. The second kappa shape index (κ2) is 6.97. The molecule has 0 atom stereocenters. The maximum atomic E-state index is 13.9. The number of hydrogen-bond acceptors (Lipinski definition) is 4. The van der Waals surface area contributed by atoms with E-state index in [9.17, 15) is 9.18 Å². The van der Waals surface area contributed by atoms with Gasteiger partial charge in [0.05, 0.1) is 24.2 Å². The van der Waals surface area contributed by atoms with Gasteiger partial charge in [-0.3, -0.25) is 15.1 Å². The Bertz CT molecular complexity index is 933. The first-order chi connectivity index (χ1) is 12.6. The van der Waals surface area contributed by atoms with Crippen LogP contribution in [0.5, 0.6) is 0 Å². The average molecular weight is 416 g/mol. The van der Waals surface area contributed by atoms with E-state index in [2.05, 4.69) is 31.3 Å². The predicted octanol–water partition coefficient (Wildman–Crippen LogP) is 2.84. The normalized spacial score (nSPS) is 14.0. The van der Waals surface area contributed by atoms with Gasteiger partial charge in [-0.15, -0.1) is 0 Å². The zero-order chi connectivity index (χ0) is 18.1. The molecule has 0 radical (unpaired) electrons. The summed E-state index contributed by atoms with van der Waals surface area (Å²) in [6, 6.07) is 9.90. The summed E-state index contributed by atoms with van der Waals surface area (Å²) >= 11 is 3.32. The molecule has 1 N–H and O–H groups in total. The Kier molecular flexibility index (Phi) is 4.52. The second-order valence-corrected chi connectivity index (χ2v) is 6.84. The van der Waals surface area contributed by atoms with E-state index in [-0.39, 0.29) is 11.7 Å². The lowest BCUT2D eigenvalue weighted by molar-refractivity contribution is 0.0785. The maximum Gasteiger partial charge on any atom is 0.275 e. The van der Waals surface area contributed by atoms with Gasteiger partial charge in [-0.2, -0.15) is 5.10 Å². The molecule has 6 nitrogen and oxygen atoms in total. The molecule has 1 aliphatic heterocycles. The summed E-state index contributed by atoms with van der Waals surface area (Å²) in [6.07, 6.45) is 3.31. The fourth-order valence-electron chi connectivity index (χ4n) is 2.91. The Morgan fingerprint density at radius 1 is 1.27 bits per heavy atom. The minimum absolute atomic E-state index is 0.158. The van der Waals surface area contributed by atoms with Crippen LogP contribution in [0.25, 0.3) is 16.9 Å². The molecule has 4 rings (SSSR count). The summed E-state index contributed by atoms with van der Waals surface area (Å²) in [6.45, 7) is 1.90. The van der Waals surface area contributed by atoms with Crippen molar-refractivity contribution in [3.8, 4) is 16.9 Å². The first-order valence-electron chi connectivity index (χ1n) is 8.09. The van der Waals surface area contributed by atoms with Gasteiger partial charge >= 0.3 is 0 Å². The topological polar surface area (TPSA) is 63.1 Å². The number of carbonyl (C=O) groups excluding carboxylic acids is 1. The number of carbonyl (C=O) groups is 1. The Labute approximate surface area is 157 Å². The lowest BCUT2D eigenvalue weighted by atomic mass is 10.1. The van der Waals surface area contributed by atoms with Crippen molar-refractivity contribution in [3.05, 3.63) is 64.8 Å². The van der Waals surface area contributed by atoms with E-state index in [0.717, 1.165) is 6.54 Å². The van der Waals surface area contributed by atoms with Crippen LogP contribution in [0.3, 0.4) is 0 Å². The largest absolute Gasteiger partial charge is 0.323 e. The minimum atomic E-state index is -0.370. The van der Waals surface area contributed by atoms with E-state index in [1.807, 2.05) is 6.07 Å². The number of nitrogens with zero attached hydrogens (tertiary/aromatic N) is 4. The zero-order valence-corrected chi connectivity index (χ0v) is 15.3. The van der Waals surface area contributed by atoms with Crippen LogP contribution in [0.2, 0.25) is 0 Å². The van der Waals surface area contributed by atoms with Gasteiger partial charge in [0.15, 0.2) is 5.69 Å². The number of hydrogen-bond donors (Lipinski definition) is 1. The highest BCUT2D eigenvalue weighted by Gasteiger charge is 2.24. The van der Waals surface area contributed by atoms with E-state index < -0.39 is 0 Å². The molecule has 2 aromatic heterocycles. The third-order valence-electron chi connectivity index (χ3n) is 4.13. The molecular formula is C18H15BrFN5O. The third-order valence-corrected chi connectivity index (χ3v) is 4.58. The number of rotatable bonds is 3. The van der Waals surface area contributed by atoms with Gasteiger partial charge in [0.1, 0.15) is 5.82 Å². The molecule has 0 aliphatic carbocycles. The molecular weight excluding hydrogens is 401 g/mol. The lowest BCUT2D eigenvalue weighted by Gasteiger charge is -2.11. The molecule has 3 aromatic rings. The van der Waals surface area contributed by atoms with Crippen molar-refractivity contribution in [2.45, 2.75) is 0 Å². The summed E-state index contributed by atoms with van der Waals surface area (Å²) in [5.74, 6) is -0.528. The molecule has 1 aromatic carbocycles. The molecule has 1 saturated heterocycles. The summed E-state index contributed by atoms with van der Waals surface area (Å²) < 4.78 is 16.1. The van der Waals surface area contributed by atoms with E-state index in [1.165, 1.54) is 12.1 Å². The van der Waals surface area contributed by atoms with Crippen molar-refractivity contribution in [2.75, 3.05) is 19.8 Å². The molecule has 0 unspecified atom stereocenters. The van der Waals surface area contributed by atoms with Crippen LogP contribution in [-0.2, 0) is 0 Å². The molecule has 0 saturated carbocycles. The molecule has 1 amide bonds. The maximum absolute atomic E-state index is 13.9. The Hall–Kier alpha value is -2.58. The van der Waals surface area contributed by atoms with Crippen molar-refractivity contribution in [3.63, 3.8) is 0 Å². The summed E-state index contributed by atoms with van der Waals surface area (Å²) in [5.41, 5.74) is 2.25. The van der Waals surface area contributed by atoms with E-state index in [0.29, 0.717) is 40.3 Å². The Morgan fingerprint density at radius 3 is 2.85 bits per heavy atom. The van der Waals surface area contributed by atoms with Gasteiger partial charge in [0.25, 0.3) is 5.91 Å². The average Bonchev–Trinajstić information content (AvgIpc) is 3.31. The van der Waals surface area contributed by atoms with E-state index >= 15 is 0 Å². The molecule has 3 heterocycles. The van der Waals surface area contributed by atoms with Crippen LogP contribution in [0.1, 0.15) is 10.5 Å². The van der Waals surface area contributed by atoms with E-state index in [1.54, 1.807) is 40.2 Å². The number of amides is 1. The van der Waals surface area contributed by atoms with Crippen LogP contribution in [0.15, 0.2) is 53.3 Å². The summed E-state index contributed by atoms with van der Waals surface area (Å²) in [7, 11) is 0. The van der Waals surface area contributed by atoms with Crippen LogP contribution in [-0.4, -0.2) is 45.3 Å². The van der Waals surface area contributed by atoms with Crippen LogP contribution >= 0.6 is 15.9 Å². The fourth-order valence-corrected chi connectivity index (χ4v) is 3.38. The lowest BCUT2D eigenvalue weighted by Crippen LogP contribution is -2.30. The van der Waals surface area contributed by atoms with Crippen LogP contribution < -0.4 is 5.32 Å². The van der Waals surface area contributed by atoms with Gasteiger partial charge < -0.3 is 4.90 Å². The summed E-state index contributed by atoms with van der Waals surface area (Å²) in [4.78, 5) is 18.5. The van der Waals surface area contributed by atoms with E-state index in [4.69, 9.17) is 0 Å². The monoisotopic (exact) mass is 415 g/mol. The van der Waals surface area contributed by atoms with Gasteiger partial charge in [-0.1, -0.05) is 15.9 Å². The van der Waals surface area contributed by atoms with Crippen molar-refractivity contribution >= 4 is 21.8 Å². The number of aromatic nitrogens is 3. The number of halogens is 2. The number of nitrogens with one attached hydrogen (secondary N) is 1. The molecule has 0 bridgehead atoms. The first-order valence-corrected chi connectivity index (χ1v) is 8.88. The summed E-state index contributed by atoms with van der Waals surface area (Å²) in [5, 5.41) is 7.61. The number of benzene rings is 1. The zero-order valence-electron chi connectivity index (χ0n) is 13.7. The van der Waals surface area contributed by atoms with Crippen molar-refractivity contribution < 1.29 is 9.18 Å². The Balaban J connectivity index is 1.84. The smallest absolute Gasteiger partial charge is 0.275 e. The highest BCUT2D eigenvalue weighted by molar-refractivity contribution is 9.10. The van der Waals surface area contributed by atoms with Gasteiger partial charge in [0.2, 0.25) is 0 Å². The van der Waals surface area contributed by atoms with Gasteiger partial charge in [-0.25, -0.2) is 9.07 Å². The molecule has 1 fully saturated rings. The van der Waals surface area contributed by atoms with Crippen molar-refractivity contribution in [1.29, 1.82) is 0 Å². The number of pyridine rings is 1. The molecule has 132 valence electrons. The standard InChI is InChI=1S/C18H15BrFN5O/c19-13-6-12(7-14(20)8-13)17-9-16(18(26)24-5-4-22-11-24)23-25(17)15-2-1-3-21-10-15/h1-3,6-10,22H,4-5,11H2. The van der Waals surface area contributed by atoms with Gasteiger partial charge in [0, 0.05) is 29.3 Å². The minimum Gasteiger partial charge on any atom is -0.323 e.